The summed E-state index contributed by atoms with van der Waals surface area (Å²) in [5, 5.41) is 3.43. The predicted octanol–water partition coefficient (Wildman–Crippen LogP) is 4.69. The van der Waals surface area contributed by atoms with E-state index in [2.05, 4.69) is 20.0 Å². The average molecular weight is 405 g/mol. The van der Waals surface area contributed by atoms with Gasteiger partial charge in [0.05, 0.1) is 20.3 Å². The minimum Gasteiger partial charge on any atom is -0.493 e. The average Bonchev–Trinajstić information content (AvgIpc) is 3.55. The van der Waals surface area contributed by atoms with Crippen LogP contribution in [0.5, 0.6) is 11.6 Å². The monoisotopic (exact) mass is 405 g/mol. The number of aromatic nitrogens is 2. The van der Waals surface area contributed by atoms with E-state index >= 15 is 0 Å². The first-order valence-corrected chi connectivity index (χ1v) is 9.49. The van der Waals surface area contributed by atoms with Gasteiger partial charge < -0.3 is 13.9 Å². The van der Waals surface area contributed by atoms with Crippen molar-refractivity contribution in [3.63, 3.8) is 0 Å². The van der Waals surface area contributed by atoms with E-state index in [1.807, 2.05) is 18.2 Å². The number of oxazole rings is 1. The molecule has 1 aliphatic rings. The summed E-state index contributed by atoms with van der Waals surface area (Å²) in [5.74, 6) is 1.67. The molecule has 0 spiro atoms. The number of hydrogen-bond donors (Lipinski definition) is 0. The minimum atomic E-state index is -0.0676. The molecule has 2 aromatic heterocycles. The molecule has 9 heteroatoms. The second kappa shape index (κ2) is 8.67. The minimum absolute atomic E-state index is 0.00480. The van der Waals surface area contributed by atoms with Crippen molar-refractivity contribution in [2.45, 2.75) is 12.8 Å². The summed E-state index contributed by atoms with van der Waals surface area (Å²) in [6.45, 7) is 0.538. The van der Waals surface area contributed by atoms with Crippen molar-refractivity contribution in [1.82, 2.24) is 9.97 Å². The van der Waals surface area contributed by atoms with Crippen molar-refractivity contribution in [2.24, 2.45) is 11.0 Å². The van der Waals surface area contributed by atoms with E-state index in [0.717, 1.165) is 24.0 Å². The van der Waals surface area contributed by atoms with Crippen molar-refractivity contribution in [3.05, 3.63) is 58.9 Å². The molecule has 1 fully saturated rings. The van der Waals surface area contributed by atoms with Crippen molar-refractivity contribution in [3.8, 4) is 34.2 Å². The zero-order chi connectivity index (χ0) is 20.9. The van der Waals surface area contributed by atoms with E-state index in [4.69, 9.17) is 19.4 Å². The number of rotatable bonds is 9. The molecule has 30 heavy (non-hydrogen) atoms. The van der Waals surface area contributed by atoms with E-state index in [9.17, 15) is 4.79 Å². The Morgan fingerprint density at radius 1 is 1.23 bits per heavy atom. The van der Waals surface area contributed by atoms with Gasteiger partial charge in [-0.25, -0.2) is 9.97 Å². The summed E-state index contributed by atoms with van der Waals surface area (Å²) in [7, 11) is 1.55. The van der Waals surface area contributed by atoms with Crippen LogP contribution < -0.4 is 9.47 Å². The zero-order valence-corrected chi connectivity index (χ0v) is 16.3. The van der Waals surface area contributed by atoms with E-state index in [-0.39, 0.29) is 30.7 Å². The Bertz CT molecular complexity index is 1080. The lowest BCUT2D eigenvalue weighted by Gasteiger charge is -2.06. The lowest BCUT2D eigenvalue weighted by atomic mass is 10.1. The third-order valence-electron chi connectivity index (χ3n) is 4.64. The third-order valence-corrected chi connectivity index (χ3v) is 4.64. The lowest BCUT2D eigenvalue weighted by Crippen LogP contribution is -2.01. The molecule has 1 aliphatic carbocycles. The van der Waals surface area contributed by atoms with Gasteiger partial charge in [0, 0.05) is 34.2 Å². The van der Waals surface area contributed by atoms with Crippen LogP contribution in [-0.2, 0) is 0 Å². The molecule has 3 aromatic rings. The summed E-state index contributed by atoms with van der Waals surface area (Å²) >= 11 is 0. The van der Waals surface area contributed by atoms with Crippen LogP contribution >= 0.6 is 0 Å². The summed E-state index contributed by atoms with van der Waals surface area (Å²) in [5.41, 5.74) is 10.3. The molecular formula is C21H19N5O4. The Morgan fingerprint density at radius 2 is 2.00 bits per heavy atom. The second-order valence-corrected chi connectivity index (χ2v) is 6.75. The van der Waals surface area contributed by atoms with E-state index in [0.29, 0.717) is 23.1 Å². The van der Waals surface area contributed by atoms with Crippen LogP contribution in [0.2, 0.25) is 0 Å². The van der Waals surface area contributed by atoms with Gasteiger partial charge in [0.15, 0.2) is 5.76 Å². The highest BCUT2D eigenvalue weighted by Crippen LogP contribution is 2.37. The van der Waals surface area contributed by atoms with Gasteiger partial charge in [0.2, 0.25) is 11.7 Å². The van der Waals surface area contributed by atoms with Gasteiger partial charge >= 0.3 is 0 Å². The summed E-state index contributed by atoms with van der Waals surface area (Å²) in [4.78, 5) is 23.9. The summed E-state index contributed by atoms with van der Waals surface area (Å²) < 4.78 is 16.6. The number of carbonyl (C=O) groups excluding carboxylic acids is 1. The molecule has 9 nitrogen and oxygen atoms in total. The maximum Gasteiger partial charge on any atom is 0.264 e. The topological polar surface area (TPSA) is 123 Å². The van der Waals surface area contributed by atoms with Crippen LogP contribution in [0.4, 0.5) is 0 Å². The lowest BCUT2D eigenvalue weighted by molar-refractivity contribution is 0.0934. The molecule has 1 saturated carbocycles. The largest absolute Gasteiger partial charge is 0.493 e. The number of benzene rings is 1. The Balaban J connectivity index is 1.64. The van der Waals surface area contributed by atoms with Crippen molar-refractivity contribution in [2.75, 3.05) is 20.3 Å². The Kier molecular flexibility index (Phi) is 5.63. The zero-order valence-electron chi connectivity index (χ0n) is 16.3. The fourth-order valence-electron chi connectivity index (χ4n) is 2.93. The van der Waals surface area contributed by atoms with Crippen LogP contribution in [0.1, 0.15) is 23.5 Å². The molecule has 0 amide bonds. The molecule has 0 bridgehead atoms. The number of ketones is 1. The smallest absolute Gasteiger partial charge is 0.264 e. The number of hydrogen-bond acceptors (Lipinski definition) is 7. The molecule has 0 aliphatic heterocycles. The normalized spacial score (nSPS) is 12.8. The number of methoxy groups -OCH3 is 1. The predicted molar refractivity (Wildman–Crippen MR) is 108 cm³/mol. The number of pyridine rings is 1. The molecule has 0 saturated heterocycles. The standard InChI is InChI=1S/C21H19N5O4/c1-28-17-9-6-15(12-23-17)18-20(30-21(25-18)19(27)13-2-3-13)14-4-7-16(8-5-14)29-11-10-24-26-22/h4-9,12-13H,2-3,10-11H2,1H3. The van der Waals surface area contributed by atoms with Gasteiger partial charge in [-0.15, -0.1) is 0 Å². The Hall–Kier alpha value is -3.84. The van der Waals surface area contributed by atoms with Crippen LogP contribution in [0, 0.1) is 5.92 Å². The van der Waals surface area contributed by atoms with Crippen LogP contribution in [0.25, 0.3) is 33.0 Å². The van der Waals surface area contributed by atoms with Gasteiger partial charge in [-0.05, 0) is 48.7 Å². The molecule has 152 valence electrons. The molecule has 0 radical (unpaired) electrons. The van der Waals surface area contributed by atoms with Crippen LogP contribution in [0.3, 0.4) is 0 Å². The third kappa shape index (κ3) is 4.26. The highest BCUT2D eigenvalue weighted by atomic mass is 16.5. The fraction of sp³-hybridized carbons (Fsp3) is 0.286. The molecule has 0 N–H and O–H groups in total. The van der Waals surface area contributed by atoms with Crippen molar-refractivity contribution in [1.29, 1.82) is 0 Å². The molecule has 1 aromatic carbocycles. The highest BCUT2D eigenvalue weighted by molar-refractivity contribution is 5.96. The highest BCUT2D eigenvalue weighted by Gasteiger charge is 2.34. The SMILES string of the molecule is COc1ccc(-c2nc(C(=O)C3CC3)oc2-c2ccc(OCCN=[N+]=[N-])cc2)cn1. The van der Waals surface area contributed by atoms with Gasteiger partial charge in [-0.1, -0.05) is 5.11 Å². The number of Topliss-reactive ketones (excluding diaryl/α,β-unsaturated/α-hetero) is 1. The Morgan fingerprint density at radius 3 is 2.63 bits per heavy atom. The summed E-state index contributed by atoms with van der Waals surface area (Å²) in [6.07, 6.45) is 3.38. The number of ether oxygens (including phenoxy) is 2. The molecule has 0 unspecified atom stereocenters. The molecular weight excluding hydrogens is 386 g/mol. The fourth-order valence-corrected chi connectivity index (χ4v) is 2.93. The van der Waals surface area contributed by atoms with Crippen LogP contribution in [-0.4, -0.2) is 36.0 Å². The number of nitrogens with zero attached hydrogens (tertiary/aromatic N) is 5. The van der Waals surface area contributed by atoms with Gasteiger partial charge in [0.1, 0.15) is 11.4 Å². The number of azide groups is 1. The van der Waals surface area contributed by atoms with Crippen LogP contribution in [0.15, 0.2) is 52.1 Å². The quantitative estimate of drug-likeness (QED) is 0.167. The first kappa shape index (κ1) is 19.5. The van der Waals surface area contributed by atoms with E-state index in [1.165, 1.54) is 0 Å². The molecule has 2 heterocycles. The van der Waals surface area contributed by atoms with Gasteiger partial charge in [-0.2, -0.15) is 0 Å². The second-order valence-electron chi connectivity index (χ2n) is 6.75. The molecule has 0 atom stereocenters. The van der Waals surface area contributed by atoms with E-state index < -0.39 is 0 Å². The van der Waals surface area contributed by atoms with Crippen molar-refractivity contribution < 1.29 is 18.7 Å². The van der Waals surface area contributed by atoms with Gasteiger partial charge in [0.25, 0.3) is 5.89 Å². The van der Waals surface area contributed by atoms with Crippen molar-refractivity contribution >= 4 is 5.78 Å². The maximum absolute atomic E-state index is 12.5. The summed E-state index contributed by atoms with van der Waals surface area (Å²) in [6, 6.07) is 10.8. The Labute approximate surface area is 172 Å². The number of carbonyl (C=O) groups is 1. The van der Waals surface area contributed by atoms with Gasteiger partial charge in [-0.3, -0.25) is 4.79 Å². The molecule has 4 rings (SSSR count). The van der Waals surface area contributed by atoms with E-state index in [1.54, 1.807) is 31.5 Å². The first-order chi connectivity index (χ1) is 14.7. The maximum atomic E-state index is 12.5. The first-order valence-electron chi connectivity index (χ1n) is 9.49.